The highest BCUT2D eigenvalue weighted by molar-refractivity contribution is 5.17. The van der Waals surface area contributed by atoms with Crippen LogP contribution in [0.25, 0.3) is 0 Å². The van der Waals surface area contributed by atoms with Crippen molar-refractivity contribution < 1.29 is 4.39 Å². The number of nitrogens with one attached hydrogen (secondary N) is 1. The Morgan fingerprint density at radius 1 is 1.20 bits per heavy atom. The molecule has 2 fully saturated rings. The molecule has 2 aliphatic rings. The van der Waals surface area contributed by atoms with Crippen molar-refractivity contribution in [3.63, 3.8) is 0 Å². The smallest absolute Gasteiger partial charge is 0.123 e. The maximum Gasteiger partial charge on any atom is 0.123 e. The minimum absolute atomic E-state index is 0.152. The zero-order chi connectivity index (χ0) is 14.1. The van der Waals surface area contributed by atoms with Crippen LogP contribution in [0.3, 0.4) is 0 Å². The lowest BCUT2D eigenvalue weighted by Crippen LogP contribution is -2.49. The van der Waals surface area contributed by atoms with Gasteiger partial charge in [0.2, 0.25) is 0 Å². The molecule has 1 aromatic carbocycles. The Hall–Kier alpha value is -0.930. The number of piperidine rings is 1. The molecule has 0 spiro atoms. The van der Waals surface area contributed by atoms with Crippen LogP contribution in [0.4, 0.5) is 4.39 Å². The van der Waals surface area contributed by atoms with Crippen LogP contribution in [-0.2, 0) is 6.42 Å². The van der Waals surface area contributed by atoms with E-state index in [9.17, 15) is 4.39 Å². The van der Waals surface area contributed by atoms with Crippen molar-refractivity contribution >= 4 is 0 Å². The van der Waals surface area contributed by atoms with Gasteiger partial charge in [0, 0.05) is 24.2 Å². The molecular formula is C17H25FN2. The molecule has 3 atom stereocenters. The Morgan fingerprint density at radius 3 is 2.40 bits per heavy atom. The molecule has 2 aliphatic heterocycles. The van der Waals surface area contributed by atoms with Crippen molar-refractivity contribution in [3.05, 3.63) is 35.6 Å². The van der Waals surface area contributed by atoms with Gasteiger partial charge in [0.1, 0.15) is 5.82 Å². The van der Waals surface area contributed by atoms with Crippen molar-refractivity contribution in [2.24, 2.45) is 0 Å². The predicted molar refractivity (Wildman–Crippen MR) is 80.3 cm³/mol. The van der Waals surface area contributed by atoms with Crippen LogP contribution in [0.2, 0.25) is 0 Å². The second-order valence-electron chi connectivity index (χ2n) is 6.62. The van der Waals surface area contributed by atoms with Gasteiger partial charge in [-0.3, -0.25) is 0 Å². The molecule has 0 amide bonds. The quantitative estimate of drug-likeness (QED) is 0.909. The molecule has 2 heterocycles. The standard InChI is InChI=1S/C17H25FN2/c1-12(9-13-3-5-14(18)6-4-13)19-15-10-16-7-8-17(11-15)20(16)2/h3-6,12,15-17,19H,7-11H2,1-2H3. The molecule has 1 aromatic rings. The average Bonchev–Trinajstić information content (AvgIpc) is 2.64. The SMILES string of the molecule is CC(Cc1ccc(F)cc1)NC1CC2CCC(C1)N2C. The van der Waals surface area contributed by atoms with Gasteiger partial charge in [-0.15, -0.1) is 0 Å². The van der Waals surface area contributed by atoms with Gasteiger partial charge in [0.25, 0.3) is 0 Å². The van der Waals surface area contributed by atoms with Crippen molar-refractivity contribution in [3.8, 4) is 0 Å². The second-order valence-corrected chi connectivity index (χ2v) is 6.62. The van der Waals surface area contributed by atoms with Crippen molar-refractivity contribution in [2.45, 2.75) is 63.2 Å². The molecule has 2 bridgehead atoms. The number of rotatable bonds is 4. The van der Waals surface area contributed by atoms with Crippen molar-refractivity contribution in [2.75, 3.05) is 7.05 Å². The predicted octanol–water partition coefficient (Wildman–Crippen LogP) is 2.97. The Morgan fingerprint density at radius 2 is 1.80 bits per heavy atom. The fourth-order valence-electron chi connectivity index (χ4n) is 3.98. The summed E-state index contributed by atoms with van der Waals surface area (Å²) in [7, 11) is 2.28. The Balaban J connectivity index is 1.52. The maximum absolute atomic E-state index is 12.9. The maximum atomic E-state index is 12.9. The van der Waals surface area contributed by atoms with E-state index in [1.54, 1.807) is 12.1 Å². The summed E-state index contributed by atoms with van der Waals surface area (Å²) in [5, 5.41) is 3.78. The summed E-state index contributed by atoms with van der Waals surface area (Å²) in [5.41, 5.74) is 1.21. The molecule has 110 valence electrons. The van der Waals surface area contributed by atoms with Crippen LogP contribution in [0.1, 0.15) is 38.2 Å². The number of halogens is 1. The van der Waals surface area contributed by atoms with Crippen LogP contribution < -0.4 is 5.32 Å². The van der Waals surface area contributed by atoms with Crippen LogP contribution in [0, 0.1) is 5.82 Å². The first-order valence-corrected chi connectivity index (χ1v) is 7.84. The van der Waals surface area contributed by atoms with Crippen LogP contribution >= 0.6 is 0 Å². The van der Waals surface area contributed by atoms with Gasteiger partial charge >= 0.3 is 0 Å². The van der Waals surface area contributed by atoms with E-state index >= 15 is 0 Å². The summed E-state index contributed by atoms with van der Waals surface area (Å²) >= 11 is 0. The second kappa shape index (κ2) is 5.82. The highest BCUT2D eigenvalue weighted by Gasteiger charge is 2.38. The molecule has 0 radical (unpaired) electrons. The normalized spacial score (nSPS) is 31.4. The molecule has 2 saturated heterocycles. The van der Waals surface area contributed by atoms with E-state index in [4.69, 9.17) is 0 Å². The molecule has 3 rings (SSSR count). The fraction of sp³-hybridized carbons (Fsp3) is 0.647. The van der Waals surface area contributed by atoms with Crippen LogP contribution in [-0.4, -0.2) is 36.1 Å². The van der Waals surface area contributed by atoms with E-state index in [1.807, 2.05) is 12.1 Å². The zero-order valence-electron chi connectivity index (χ0n) is 12.5. The molecule has 20 heavy (non-hydrogen) atoms. The lowest BCUT2D eigenvalue weighted by atomic mass is 9.96. The number of nitrogens with zero attached hydrogens (tertiary/aromatic N) is 1. The molecule has 0 saturated carbocycles. The highest BCUT2D eigenvalue weighted by atomic mass is 19.1. The van der Waals surface area contributed by atoms with Gasteiger partial charge < -0.3 is 10.2 Å². The third-order valence-electron chi connectivity index (χ3n) is 5.07. The highest BCUT2D eigenvalue weighted by Crippen LogP contribution is 2.34. The van der Waals surface area contributed by atoms with Crippen LogP contribution in [0.5, 0.6) is 0 Å². The largest absolute Gasteiger partial charge is 0.311 e. The molecule has 0 aliphatic carbocycles. The number of hydrogen-bond donors (Lipinski definition) is 1. The number of fused-ring (bicyclic) bond motifs is 2. The summed E-state index contributed by atoms with van der Waals surface area (Å²) < 4.78 is 12.9. The fourth-order valence-corrected chi connectivity index (χ4v) is 3.98. The van der Waals surface area contributed by atoms with Gasteiger partial charge in [-0.1, -0.05) is 12.1 Å². The summed E-state index contributed by atoms with van der Waals surface area (Å²) in [4.78, 5) is 2.57. The van der Waals surface area contributed by atoms with E-state index in [1.165, 1.54) is 31.2 Å². The van der Waals surface area contributed by atoms with Gasteiger partial charge in [0.15, 0.2) is 0 Å². The van der Waals surface area contributed by atoms with E-state index < -0.39 is 0 Å². The van der Waals surface area contributed by atoms with Gasteiger partial charge in [-0.05, 0) is 63.8 Å². The average molecular weight is 276 g/mol. The number of hydrogen-bond acceptors (Lipinski definition) is 2. The molecule has 1 N–H and O–H groups in total. The summed E-state index contributed by atoms with van der Waals surface area (Å²) in [6, 6.07) is 9.56. The van der Waals surface area contributed by atoms with Crippen molar-refractivity contribution in [1.82, 2.24) is 10.2 Å². The Bertz CT molecular complexity index is 431. The van der Waals surface area contributed by atoms with E-state index in [2.05, 4.69) is 24.2 Å². The molecular weight excluding hydrogens is 251 g/mol. The lowest BCUT2D eigenvalue weighted by Gasteiger charge is -2.38. The van der Waals surface area contributed by atoms with E-state index in [0.29, 0.717) is 12.1 Å². The minimum atomic E-state index is -0.152. The van der Waals surface area contributed by atoms with Gasteiger partial charge in [-0.2, -0.15) is 0 Å². The third kappa shape index (κ3) is 3.04. The van der Waals surface area contributed by atoms with E-state index in [0.717, 1.165) is 18.5 Å². The minimum Gasteiger partial charge on any atom is -0.311 e. The van der Waals surface area contributed by atoms with Gasteiger partial charge in [-0.25, -0.2) is 4.39 Å². The first kappa shape index (κ1) is 14.0. The van der Waals surface area contributed by atoms with Gasteiger partial charge in [0.05, 0.1) is 0 Å². The van der Waals surface area contributed by atoms with Crippen LogP contribution in [0.15, 0.2) is 24.3 Å². The summed E-state index contributed by atoms with van der Waals surface area (Å²) in [6.07, 6.45) is 6.26. The van der Waals surface area contributed by atoms with E-state index in [-0.39, 0.29) is 5.82 Å². The topological polar surface area (TPSA) is 15.3 Å². The zero-order valence-corrected chi connectivity index (χ0v) is 12.5. The monoisotopic (exact) mass is 276 g/mol. The Labute approximate surface area is 121 Å². The summed E-state index contributed by atoms with van der Waals surface area (Å²) in [5.74, 6) is -0.152. The molecule has 0 aromatic heterocycles. The first-order chi connectivity index (χ1) is 9.61. The number of benzene rings is 1. The summed E-state index contributed by atoms with van der Waals surface area (Å²) in [6.45, 7) is 2.24. The van der Waals surface area contributed by atoms with Crippen molar-refractivity contribution in [1.29, 1.82) is 0 Å². The third-order valence-corrected chi connectivity index (χ3v) is 5.07. The molecule has 2 nitrogen and oxygen atoms in total. The molecule has 3 heteroatoms. The Kier molecular flexibility index (Phi) is 4.08. The molecule has 3 unspecified atom stereocenters. The lowest BCUT2D eigenvalue weighted by molar-refractivity contribution is 0.144. The first-order valence-electron chi connectivity index (χ1n) is 7.84.